The van der Waals surface area contributed by atoms with Gasteiger partial charge in [-0.3, -0.25) is 0 Å². The van der Waals surface area contributed by atoms with Gasteiger partial charge in [0.1, 0.15) is 11.5 Å². The zero-order valence-electron chi connectivity index (χ0n) is 8.76. The Balaban J connectivity index is 2.24. The van der Waals surface area contributed by atoms with Crippen molar-refractivity contribution in [3.05, 3.63) is 58.6 Å². The Kier molecular flexibility index (Phi) is 3.44. The van der Waals surface area contributed by atoms with Gasteiger partial charge in [0.25, 0.3) is 0 Å². The summed E-state index contributed by atoms with van der Waals surface area (Å²) in [5, 5.41) is 8.86. The lowest BCUT2D eigenvalue weighted by Gasteiger charge is -2.06. The third-order valence-corrected chi connectivity index (χ3v) is 2.61. The number of aromatic carboxylic acids is 1. The Hall–Kier alpha value is -1.81. The Morgan fingerprint density at radius 1 is 1.06 bits per heavy atom. The lowest BCUT2D eigenvalue weighted by Crippen LogP contribution is -1.96. The number of hydrogen-bond donors (Lipinski definition) is 1. The van der Waals surface area contributed by atoms with Gasteiger partial charge in [-0.2, -0.15) is 0 Å². The molecule has 2 rings (SSSR count). The summed E-state index contributed by atoms with van der Waals surface area (Å²) in [6, 6.07) is 13.7. The highest BCUT2D eigenvalue weighted by Gasteiger charge is 2.04. The van der Waals surface area contributed by atoms with E-state index < -0.39 is 5.97 Å². The highest BCUT2D eigenvalue weighted by atomic mass is 79.9. The van der Waals surface area contributed by atoms with Crippen molar-refractivity contribution in [2.75, 3.05) is 0 Å². The van der Waals surface area contributed by atoms with Crippen molar-refractivity contribution in [3.8, 4) is 11.5 Å². The molecule has 0 spiro atoms. The van der Waals surface area contributed by atoms with Crippen LogP contribution in [0.4, 0.5) is 0 Å². The third kappa shape index (κ3) is 3.07. The van der Waals surface area contributed by atoms with Gasteiger partial charge >= 0.3 is 5.97 Å². The molecule has 2 aromatic rings. The molecule has 0 saturated heterocycles. The van der Waals surface area contributed by atoms with Gasteiger partial charge in [-0.15, -0.1) is 0 Å². The van der Waals surface area contributed by atoms with Gasteiger partial charge in [-0.25, -0.2) is 4.79 Å². The second-order valence-corrected chi connectivity index (χ2v) is 4.31. The molecule has 86 valence electrons. The Morgan fingerprint density at radius 3 is 2.35 bits per heavy atom. The van der Waals surface area contributed by atoms with Crippen LogP contribution in [-0.2, 0) is 0 Å². The van der Waals surface area contributed by atoms with E-state index in [0.717, 1.165) is 4.47 Å². The number of carboxylic acid groups (broad SMARTS) is 1. The summed E-state index contributed by atoms with van der Waals surface area (Å²) in [7, 11) is 0. The van der Waals surface area contributed by atoms with Gasteiger partial charge in [0.2, 0.25) is 0 Å². The first kappa shape index (κ1) is 11.7. The van der Waals surface area contributed by atoms with E-state index in [1.807, 2.05) is 18.2 Å². The average molecular weight is 293 g/mol. The number of halogens is 1. The molecule has 2 aromatic carbocycles. The summed E-state index contributed by atoms with van der Waals surface area (Å²) in [6.45, 7) is 0. The first-order valence-corrected chi connectivity index (χ1v) is 5.71. The minimum atomic E-state index is -0.968. The third-order valence-electron chi connectivity index (χ3n) is 2.11. The highest BCUT2D eigenvalue weighted by Crippen LogP contribution is 2.24. The molecule has 0 aliphatic heterocycles. The predicted octanol–water partition coefficient (Wildman–Crippen LogP) is 3.94. The molecule has 0 aliphatic carbocycles. The molecular formula is C13H9BrO3. The summed E-state index contributed by atoms with van der Waals surface area (Å²) in [6.07, 6.45) is 0. The van der Waals surface area contributed by atoms with Crippen molar-refractivity contribution in [3.63, 3.8) is 0 Å². The lowest BCUT2D eigenvalue weighted by atomic mass is 10.2. The van der Waals surface area contributed by atoms with E-state index in [4.69, 9.17) is 9.84 Å². The minimum absolute atomic E-state index is 0.206. The molecule has 0 aliphatic rings. The van der Waals surface area contributed by atoms with Crippen molar-refractivity contribution in [1.29, 1.82) is 0 Å². The highest BCUT2D eigenvalue weighted by molar-refractivity contribution is 9.10. The van der Waals surface area contributed by atoms with Crippen LogP contribution in [0, 0.1) is 0 Å². The first-order valence-electron chi connectivity index (χ1n) is 4.92. The van der Waals surface area contributed by atoms with Crippen LogP contribution in [0.3, 0.4) is 0 Å². The van der Waals surface area contributed by atoms with Crippen molar-refractivity contribution >= 4 is 21.9 Å². The van der Waals surface area contributed by atoms with E-state index in [1.165, 1.54) is 12.1 Å². The van der Waals surface area contributed by atoms with Crippen molar-refractivity contribution in [1.82, 2.24) is 0 Å². The normalized spacial score (nSPS) is 9.94. The van der Waals surface area contributed by atoms with Crippen LogP contribution < -0.4 is 4.74 Å². The summed E-state index contributed by atoms with van der Waals surface area (Å²) < 4.78 is 6.46. The summed E-state index contributed by atoms with van der Waals surface area (Å²) in [5.41, 5.74) is 0.206. The SMILES string of the molecule is O=C(O)c1cccc(Oc2cccc(Br)c2)c1. The summed E-state index contributed by atoms with van der Waals surface area (Å²) in [4.78, 5) is 10.8. The monoisotopic (exact) mass is 292 g/mol. The van der Waals surface area contributed by atoms with Gasteiger partial charge < -0.3 is 9.84 Å². The summed E-state index contributed by atoms with van der Waals surface area (Å²) in [5.74, 6) is 0.189. The molecule has 0 unspecified atom stereocenters. The largest absolute Gasteiger partial charge is 0.478 e. The van der Waals surface area contributed by atoms with E-state index in [9.17, 15) is 4.79 Å². The standard InChI is InChI=1S/C13H9BrO3/c14-10-4-2-6-12(8-10)17-11-5-1-3-9(7-11)13(15)16/h1-8H,(H,15,16). The number of hydrogen-bond acceptors (Lipinski definition) is 2. The lowest BCUT2D eigenvalue weighted by molar-refractivity contribution is 0.0696. The van der Waals surface area contributed by atoms with Crippen LogP contribution >= 0.6 is 15.9 Å². The van der Waals surface area contributed by atoms with Crippen molar-refractivity contribution < 1.29 is 14.6 Å². The second kappa shape index (κ2) is 5.01. The fraction of sp³-hybridized carbons (Fsp3) is 0. The number of rotatable bonds is 3. The van der Waals surface area contributed by atoms with Crippen molar-refractivity contribution in [2.24, 2.45) is 0 Å². The molecule has 0 bridgehead atoms. The van der Waals surface area contributed by atoms with Crippen LogP contribution in [-0.4, -0.2) is 11.1 Å². The van der Waals surface area contributed by atoms with Gasteiger partial charge in [-0.1, -0.05) is 28.1 Å². The van der Waals surface area contributed by atoms with E-state index >= 15 is 0 Å². The molecule has 1 N–H and O–H groups in total. The Morgan fingerprint density at radius 2 is 1.71 bits per heavy atom. The first-order chi connectivity index (χ1) is 8.15. The van der Waals surface area contributed by atoms with E-state index in [1.54, 1.807) is 18.2 Å². The van der Waals surface area contributed by atoms with E-state index in [-0.39, 0.29) is 5.56 Å². The molecule has 0 atom stereocenters. The summed E-state index contributed by atoms with van der Waals surface area (Å²) >= 11 is 3.34. The molecular weight excluding hydrogens is 284 g/mol. The van der Waals surface area contributed by atoms with Crippen molar-refractivity contribution in [2.45, 2.75) is 0 Å². The molecule has 0 fully saturated rings. The van der Waals surface area contributed by atoms with Gasteiger partial charge in [0.15, 0.2) is 0 Å². The van der Waals surface area contributed by atoms with Gasteiger partial charge in [0.05, 0.1) is 5.56 Å². The molecule has 4 heteroatoms. The Labute approximate surface area is 107 Å². The molecule has 3 nitrogen and oxygen atoms in total. The van der Waals surface area contributed by atoms with Crippen LogP contribution in [0.15, 0.2) is 53.0 Å². The quantitative estimate of drug-likeness (QED) is 0.932. The topological polar surface area (TPSA) is 46.5 Å². The molecule has 0 heterocycles. The van der Waals surface area contributed by atoms with Gasteiger partial charge in [-0.05, 0) is 36.4 Å². The number of ether oxygens (including phenoxy) is 1. The number of benzene rings is 2. The predicted molar refractivity (Wildman–Crippen MR) is 67.6 cm³/mol. The molecule has 0 amide bonds. The maximum Gasteiger partial charge on any atom is 0.335 e. The van der Waals surface area contributed by atoms with Crippen LogP contribution in [0.2, 0.25) is 0 Å². The molecule has 0 radical (unpaired) electrons. The average Bonchev–Trinajstić information content (AvgIpc) is 2.29. The molecule has 17 heavy (non-hydrogen) atoms. The van der Waals surface area contributed by atoms with Gasteiger partial charge in [0, 0.05) is 4.47 Å². The van der Waals surface area contributed by atoms with Crippen LogP contribution in [0.1, 0.15) is 10.4 Å². The Bertz CT molecular complexity index is 552. The fourth-order valence-corrected chi connectivity index (χ4v) is 1.74. The second-order valence-electron chi connectivity index (χ2n) is 3.39. The van der Waals surface area contributed by atoms with E-state index in [0.29, 0.717) is 11.5 Å². The zero-order valence-corrected chi connectivity index (χ0v) is 10.3. The maximum absolute atomic E-state index is 10.8. The molecule has 0 aromatic heterocycles. The zero-order chi connectivity index (χ0) is 12.3. The van der Waals surface area contributed by atoms with E-state index in [2.05, 4.69) is 15.9 Å². The van der Waals surface area contributed by atoms with Crippen LogP contribution in [0.25, 0.3) is 0 Å². The molecule has 0 saturated carbocycles. The smallest absolute Gasteiger partial charge is 0.335 e. The van der Waals surface area contributed by atoms with Crippen LogP contribution in [0.5, 0.6) is 11.5 Å². The fourth-order valence-electron chi connectivity index (χ4n) is 1.36. The minimum Gasteiger partial charge on any atom is -0.478 e. The maximum atomic E-state index is 10.8. The number of carboxylic acids is 1. The number of carbonyl (C=O) groups is 1.